The van der Waals surface area contributed by atoms with Crippen molar-refractivity contribution >= 4 is 41.4 Å². The third-order valence-corrected chi connectivity index (χ3v) is 23.9. The molecule has 0 radical (unpaired) electrons. The summed E-state index contributed by atoms with van der Waals surface area (Å²) in [5, 5.41) is 244. The third kappa shape index (κ3) is 40.4. The number of hydrogen-bond donors (Lipinski definition) is 26. The van der Waals surface area contributed by atoms with Crippen LogP contribution in [-0.2, 0) is 90.2 Å². The number of morpholine rings is 1. The number of unbranched alkanes of at least 4 members (excludes halogenated alkanes) is 10. The smallest absolute Gasteiger partial charge is 0.547 e. The number of aromatic nitrogens is 3. The molecular formula is C85H160N8NaO44S+. The van der Waals surface area contributed by atoms with Gasteiger partial charge < -0.3 is 224 Å². The SMILES string of the molecule is C.COCC1O[C@H](OCC(O)[C@@H](O)[C@H](O)C(O)CCCCCCCCN)C(O)[C@@H](O)[C@@H]1O.COCC1O[C@H](OCC(O)[C@@H](O)[C@H](O)C(O)CCCCCCCCNC(=O)C2O[C@@H](O[C@@H]3C(NC(C)=O)[C@H](C)OC(CO)[C@H]3O)C(O)[C@@H](O)[C@@H]2OC)C(O)[C@@H](O)[C@@H]1O.CO[C@@H]1C(C(=O)[O-])O[C@@H](O[C@@H]2C(NC(C)=O)[C@H](C)OC(CO)[C@H]2O)C(O)[C@H]1O.COc1nc(OC)nc([N+]2(C)CCOCC2)n1.[2H]CSC.[Na+]. The standard InChI is InChI=1S/C36H66N2O20.C20H41NO10.C16H27NO11.C10H17N4O3.C2H6S.CH4.Na/c1-16-22(38-17(2)40)31(26(46)20(13-39)55-16)57-36-30(50)28(48)32(53-4)33(58-36)34(51)37-12-10-8-6-5-7-9-11-18(41)23(43)24(44)19(42)14-54-35-29(49)27(47)25(45)21(56-35)15-52-3;1-29-11-14-17(26)18(27)19(28)20(31-14)30-10-13(23)16(25)15(24)12(22)8-6-4-2-3-5-7-9-21;1-5-8(17-6(2)19)12(9(20)7(4-18)26-5)27-16-11(22)10(21)13(25-3)14(28-16)15(23)24;1-14(4-6-17-7-5-14)8-11-9(15-2)13-10(12-8)16-3;1-3-2;;/h16,18-33,35-36,39,41-50H,5-15H2,1-4H3,(H,37,51)(H,38,40);12-20,22-28H,2-11,21H2,1H3;5,7-14,16,18,20-22H,4H2,1-3H3,(H,17,19)(H,23,24);4-7H2,1-3H3;1-2H3;1H4;/q;;;+1;;;+1/p-1/t16-,18?,19?,20?,21?,22?,23+,24+,25+,26+,27-,28+,29?,30?,31+,32-,33?,35-,36+;12?,13?,14?,15-,16-,17-,18+,19?,20+;5-,7?,8?,9+,10+,11?,12+,13-,14?,16+;;;;/m010..../s1/i;;;;1D;;. The average molecular weight is 2050 g/mol. The number of likely N-dealkylation sites (N-methyl/N-ethyl adjacent to an activating group) is 1. The van der Waals surface area contributed by atoms with Crippen molar-refractivity contribution in [1.82, 2.24) is 35.4 Å². The number of aliphatic carboxylic acids is 1. The first-order chi connectivity index (χ1) is 65.4. The minimum Gasteiger partial charge on any atom is -0.547 e. The molecule has 52 nitrogen and oxygen atoms in total. The van der Waals surface area contributed by atoms with Crippen LogP contribution in [0.5, 0.6) is 12.0 Å². The monoisotopic (exact) mass is 2050 g/mol. The van der Waals surface area contributed by atoms with Gasteiger partial charge in [0.25, 0.3) is 5.91 Å². The van der Waals surface area contributed by atoms with Gasteiger partial charge >= 0.3 is 47.5 Å². The molecule has 16 unspecified atom stereocenters. The minimum atomic E-state index is -1.81. The number of quaternary nitrogens is 1. The van der Waals surface area contributed by atoms with E-state index in [0.717, 1.165) is 65.1 Å². The molecule has 0 spiro atoms. The molecule has 0 aliphatic carbocycles. The Bertz CT molecular complexity index is 3490. The van der Waals surface area contributed by atoms with Crippen LogP contribution < -0.4 is 70.3 Å². The van der Waals surface area contributed by atoms with Gasteiger partial charge in [-0.3, -0.25) is 18.9 Å². The van der Waals surface area contributed by atoms with E-state index in [-0.39, 0.29) is 81.6 Å². The molecular weight excluding hydrogens is 1890 g/mol. The van der Waals surface area contributed by atoms with Crippen molar-refractivity contribution in [1.29, 1.82) is 0 Å². The maximum Gasteiger partial charge on any atom is 1.00 e. The molecule has 810 valence electrons. The maximum atomic E-state index is 13.2. The van der Waals surface area contributed by atoms with Crippen LogP contribution in [0.15, 0.2) is 0 Å². The number of aliphatic hydroxyl groups excluding tert-OH is 22. The fourth-order valence-corrected chi connectivity index (χ4v) is 15.8. The number of aliphatic hydroxyl groups is 22. The molecule has 8 heterocycles. The summed E-state index contributed by atoms with van der Waals surface area (Å²) in [5.41, 5.74) is 5.44. The van der Waals surface area contributed by atoms with Crippen molar-refractivity contribution in [3.63, 3.8) is 0 Å². The molecule has 3 amide bonds. The molecule has 7 fully saturated rings. The van der Waals surface area contributed by atoms with Gasteiger partial charge in [0.2, 0.25) is 11.8 Å². The van der Waals surface area contributed by atoms with Gasteiger partial charge in [0.1, 0.15) is 178 Å². The fourth-order valence-electron chi connectivity index (χ4n) is 15.8. The molecule has 139 heavy (non-hydrogen) atoms. The summed E-state index contributed by atoms with van der Waals surface area (Å²) in [6, 6.07) is -1.30. The van der Waals surface area contributed by atoms with E-state index in [0.29, 0.717) is 68.5 Å². The number of nitrogens with one attached hydrogen (secondary N) is 3. The van der Waals surface area contributed by atoms with Gasteiger partial charge in [0.05, 0.1) is 117 Å². The molecule has 1 aromatic rings. The second kappa shape index (κ2) is 68.0. The Morgan fingerprint density at radius 2 is 0.849 bits per heavy atom. The molecule has 8 rings (SSSR count). The van der Waals surface area contributed by atoms with Crippen molar-refractivity contribution in [3.05, 3.63) is 0 Å². The van der Waals surface area contributed by atoms with Gasteiger partial charge in [0.15, 0.2) is 31.3 Å². The van der Waals surface area contributed by atoms with Crippen molar-refractivity contribution < 1.29 is 248 Å². The zero-order chi connectivity index (χ0) is 104. The van der Waals surface area contributed by atoms with Crippen LogP contribution >= 0.6 is 11.8 Å². The Hall–Kier alpha value is -3.72. The van der Waals surface area contributed by atoms with Gasteiger partial charge in [-0.1, -0.05) is 71.6 Å². The van der Waals surface area contributed by atoms with E-state index in [9.17, 15) is 137 Å². The number of thioether (sulfide) groups is 1. The predicted molar refractivity (Wildman–Crippen MR) is 479 cm³/mol. The van der Waals surface area contributed by atoms with E-state index < -0.39 is 283 Å². The summed E-state index contributed by atoms with van der Waals surface area (Å²) >= 11 is 1.52. The number of amides is 3. The Kier molecular flexibility index (Phi) is 63.3. The zero-order valence-corrected chi connectivity index (χ0v) is 83.4. The van der Waals surface area contributed by atoms with E-state index in [4.69, 9.17) is 87.6 Å². The third-order valence-electron chi connectivity index (χ3n) is 23.9. The number of nitrogens with zero attached hydrogens (tertiary/aromatic N) is 4. The first-order valence-electron chi connectivity index (χ1n) is 46.3. The fraction of sp³-hybridized carbons (Fsp3) is 0.918. The first-order valence-corrected chi connectivity index (χ1v) is 46.9. The van der Waals surface area contributed by atoms with Crippen molar-refractivity contribution in [2.24, 2.45) is 5.73 Å². The molecule has 0 aromatic carbocycles. The van der Waals surface area contributed by atoms with Crippen LogP contribution in [0.1, 0.15) is 126 Å². The molecule has 27 N–H and O–H groups in total. The summed E-state index contributed by atoms with van der Waals surface area (Å²) in [4.78, 5) is 60.5. The molecule has 0 bridgehead atoms. The van der Waals surface area contributed by atoms with Crippen molar-refractivity contribution in [2.75, 3.05) is 141 Å². The molecule has 7 saturated heterocycles. The number of carbonyl (C=O) groups is 4. The molecule has 0 saturated carbocycles. The number of carbonyl (C=O) groups excluding carboxylic acids is 4. The van der Waals surface area contributed by atoms with E-state index in [1.165, 1.54) is 61.2 Å². The van der Waals surface area contributed by atoms with Gasteiger partial charge in [-0.25, -0.2) is 0 Å². The summed E-state index contributed by atoms with van der Waals surface area (Å²) < 4.78 is 97.1. The normalized spacial score (nSPS) is 34.0. The Morgan fingerprint density at radius 3 is 1.20 bits per heavy atom. The van der Waals surface area contributed by atoms with Crippen molar-refractivity contribution in [2.45, 2.75) is 358 Å². The molecule has 54 heteroatoms. The Balaban J connectivity index is 0.000000678. The van der Waals surface area contributed by atoms with Crippen LogP contribution in [0.3, 0.4) is 0 Å². The van der Waals surface area contributed by atoms with Crippen LogP contribution in [0, 0.1) is 0 Å². The number of nitrogens with two attached hydrogens (primary N) is 1. The number of ether oxygens (including phenoxy) is 17. The first kappa shape index (κ1) is 129. The van der Waals surface area contributed by atoms with Crippen LogP contribution in [-0.4, -0.2) is 525 Å². The number of carboxylic acids is 1. The van der Waals surface area contributed by atoms with E-state index in [2.05, 4.69) is 37.9 Å². The molecule has 7 aliphatic rings. The van der Waals surface area contributed by atoms with Crippen LogP contribution in [0.25, 0.3) is 0 Å². The number of rotatable bonds is 48. The van der Waals surface area contributed by atoms with Gasteiger partial charge in [0, 0.05) is 50.2 Å². The van der Waals surface area contributed by atoms with Gasteiger partial charge in [-0.2, -0.15) is 11.8 Å². The van der Waals surface area contributed by atoms with E-state index in [1.807, 2.05) is 6.26 Å². The summed E-state index contributed by atoms with van der Waals surface area (Å²) in [6.45, 7) is 7.14. The zero-order valence-electron chi connectivity index (χ0n) is 81.6. The Morgan fingerprint density at radius 1 is 0.489 bits per heavy atom. The van der Waals surface area contributed by atoms with Crippen LogP contribution in [0.4, 0.5) is 5.95 Å². The Labute approximate surface area is 837 Å². The quantitative estimate of drug-likeness (QED) is 0.0164. The number of hydrogen-bond acceptors (Lipinski definition) is 49. The van der Waals surface area contributed by atoms with Crippen molar-refractivity contribution in [3.8, 4) is 12.0 Å². The van der Waals surface area contributed by atoms with E-state index in [1.54, 1.807) is 13.8 Å². The number of methoxy groups -OCH3 is 6. The predicted octanol–water partition coefficient (Wildman–Crippen LogP) is -14.5. The maximum absolute atomic E-state index is 13.2. The second-order valence-corrected chi connectivity index (χ2v) is 35.0. The summed E-state index contributed by atoms with van der Waals surface area (Å²) in [6.07, 6.45) is -39.4. The summed E-state index contributed by atoms with van der Waals surface area (Å²) in [5.74, 6) is -2.62. The van der Waals surface area contributed by atoms with Crippen LogP contribution in [0.2, 0.25) is 0 Å². The van der Waals surface area contributed by atoms with Gasteiger partial charge in [-0.05, 0) is 58.6 Å². The topological polar surface area (TPSA) is 794 Å². The molecule has 38 atom stereocenters. The average Bonchev–Trinajstić information content (AvgIpc) is 0.778. The van der Waals surface area contributed by atoms with Gasteiger partial charge in [-0.15, -0.1) is 15.0 Å². The minimum absolute atomic E-state index is 0. The molecule has 7 aliphatic heterocycles. The summed E-state index contributed by atoms with van der Waals surface area (Å²) in [7, 11) is 10.2. The second-order valence-electron chi connectivity index (χ2n) is 34.4. The van der Waals surface area contributed by atoms with E-state index >= 15 is 0 Å². The largest absolute Gasteiger partial charge is 1.00 e. The number of carboxylic acid groups (broad SMARTS) is 1. The molecule has 1 aromatic heterocycles.